The van der Waals surface area contributed by atoms with Crippen LogP contribution >= 0.6 is 0 Å². The van der Waals surface area contributed by atoms with E-state index >= 15 is 0 Å². The molecule has 196 valence electrons. The molecule has 8 nitrogen and oxygen atoms in total. The first-order chi connectivity index (χ1) is 16.3. The molecule has 1 aliphatic carbocycles. The van der Waals surface area contributed by atoms with Crippen molar-refractivity contribution in [3.05, 3.63) is 11.8 Å². The normalized spacial score (nSPS) is 33.1. The molecule has 2 unspecified atom stereocenters. The van der Waals surface area contributed by atoms with Gasteiger partial charge in [0.25, 0.3) is 0 Å². The molecule has 3 fully saturated rings. The highest BCUT2D eigenvalue weighted by Gasteiger charge is 2.48. The second kappa shape index (κ2) is 13.2. The first kappa shape index (κ1) is 27.4. The molecule has 2 aliphatic heterocycles. The molecule has 6 atom stereocenters. The minimum Gasteiger partial charge on any atom is -0.481 e. The molecule has 1 saturated carbocycles. The smallest absolute Gasteiger partial charge is 0.303 e. The number of aliphatic hydroxyl groups excluding tert-OH is 1. The Balaban J connectivity index is 1.86. The van der Waals surface area contributed by atoms with Gasteiger partial charge in [-0.3, -0.25) is 4.79 Å². The first-order valence-electron chi connectivity index (χ1n) is 13.1. The van der Waals surface area contributed by atoms with Crippen molar-refractivity contribution >= 4 is 5.97 Å². The SMILES string of the molecule is CCCOC(C)(C)CC=C(OC1CCCCO1)[C@@H]1[C@@H](CC(=O)O)[C@@H](O)C[C@H]1OC1CCCCO1. The van der Waals surface area contributed by atoms with E-state index in [1.54, 1.807) is 0 Å². The van der Waals surface area contributed by atoms with Crippen molar-refractivity contribution in [1.82, 2.24) is 0 Å². The topological polar surface area (TPSA) is 104 Å². The predicted octanol–water partition coefficient (Wildman–Crippen LogP) is 4.39. The van der Waals surface area contributed by atoms with Crippen molar-refractivity contribution in [2.24, 2.45) is 11.8 Å². The van der Waals surface area contributed by atoms with Crippen LogP contribution < -0.4 is 0 Å². The Morgan fingerprint density at radius 1 is 1.09 bits per heavy atom. The predicted molar refractivity (Wildman–Crippen MR) is 126 cm³/mol. The lowest BCUT2D eigenvalue weighted by molar-refractivity contribution is -0.201. The third-order valence-corrected chi connectivity index (χ3v) is 6.93. The molecule has 0 aromatic heterocycles. The third kappa shape index (κ3) is 8.19. The number of rotatable bonds is 12. The van der Waals surface area contributed by atoms with E-state index in [4.69, 9.17) is 23.7 Å². The van der Waals surface area contributed by atoms with Gasteiger partial charge in [0.1, 0.15) is 5.76 Å². The maximum Gasteiger partial charge on any atom is 0.303 e. The molecule has 8 heteroatoms. The van der Waals surface area contributed by atoms with Gasteiger partial charge in [0.15, 0.2) is 12.6 Å². The summed E-state index contributed by atoms with van der Waals surface area (Å²) in [5.74, 6) is -1.21. The molecule has 3 aliphatic rings. The lowest BCUT2D eigenvalue weighted by atomic mass is 9.87. The molecule has 0 radical (unpaired) electrons. The summed E-state index contributed by atoms with van der Waals surface area (Å²) in [5, 5.41) is 20.5. The molecule has 0 aromatic carbocycles. The maximum atomic E-state index is 11.7. The molecular weight excluding hydrogens is 440 g/mol. The second-order valence-corrected chi connectivity index (χ2v) is 10.4. The van der Waals surface area contributed by atoms with Gasteiger partial charge in [-0.25, -0.2) is 0 Å². The van der Waals surface area contributed by atoms with Crippen LogP contribution in [0.3, 0.4) is 0 Å². The van der Waals surface area contributed by atoms with Gasteiger partial charge in [-0.2, -0.15) is 0 Å². The summed E-state index contributed by atoms with van der Waals surface area (Å²) in [5.41, 5.74) is -0.402. The lowest BCUT2D eigenvalue weighted by Gasteiger charge is -2.34. The van der Waals surface area contributed by atoms with Crippen LogP contribution in [0.4, 0.5) is 0 Å². The van der Waals surface area contributed by atoms with E-state index in [1.165, 1.54) is 0 Å². The number of ether oxygens (including phenoxy) is 5. The maximum absolute atomic E-state index is 11.7. The average Bonchev–Trinajstić information content (AvgIpc) is 3.10. The molecule has 3 rings (SSSR count). The van der Waals surface area contributed by atoms with Crippen LogP contribution in [0.15, 0.2) is 11.8 Å². The average molecular weight is 485 g/mol. The lowest BCUT2D eigenvalue weighted by Crippen LogP contribution is -2.35. The molecule has 2 heterocycles. The van der Waals surface area contributed by atoms with Gasteiger partial charge in [-0.1, -0.05) is 6.92 Å². The second-order valence-electron chi connectivity index (χ2n) is 10.4. The van der Waals surface area contributed by atoms with Gasteiger partial charge in [0.05, 0.1) is 30.8 Å². The van der Waals surface area contributed by atoms with Gasteiger partial charge in [-0.15, -0.1) is 0 Å². The van der Waals surface area contributed by atoms with E-state index < -0.39 is 35.6 Å². The summed E-state index contributed by atoms with van der Waals surface area (Å²) in [6.07, 6.45) is 7.46. The Morgan fingerprint density at radius 3 is 2.35 bits per heavy atom. The zero-order valence-electron chi connectivity index (χ0n) is 21.1. The highest BCUT2D eigenvalue weighted by molar-refractivity contribution is 5.67. The van der Waals surface area contributed by atoms with E-state index in [-0.39, 0.29) is 19.0 Å². The molecule has 2 N–H and O–H groups in total. The summed E-state index contributed by atoms with van der Waals surface area (Å²) in [6.45, 7) is 8.11. The Hall–Kier alpha value is -1.19. The van der Waals surface area contributed by atoms with E-state index in [0.29, 0.717) is 38.4 Å². The van der Waals surface area contributed by atoms with Crippen molar-refractivity contribution in [2.45, 2.75) is 115 Å². The van der Waals surface area contributed by atoms with Crippen molar-refractivity contribution in [3.63, 3.8) is 0 Å². The van der Waals surface area contributed by atoms with Crippen LogP contribution in [0.2, 0.25) is 0 Å². The zero-order chi connectivity index (χ0) is 24.6. The minimum atomic E-state index is -0.941. The first-order valence-corrected chi connectivity index (χ1v) is 13.1. The van der Waals surface area contributed by atoms with Gasteiger partial charge in [0.2, 0.25) is 0 Å². The molecule has 0 spiro atoms. The Labute approximate surface area is 203 Å². The highest BCUT2D eigenvalue weighted by Crippen LogP contribution is 2.44. The number of hydrogen-bond donors (Lipinski definition) is 2. The van der Waals surface area contributed by atoms with Gasteiger partial charge >= 0.3 is 5.97 Å². The monoisotopic (exact) mass is 484 g/mol. The number of carboxylic acids is 1. The third-order valence-electron chi connectivity index (χ3n) is 6.93. The molecule has 0 amide bonds. The molecule has 2 saturated heterocycles. The Kier molecular flexibility index (Phi) is 10.6. The van der Waals surface area contributed by atoms with E-state index in [0.717, 1.165) is 44.9 Å². The van der Waals surface area contributed by atoms with Crippen molar-refractivity contribution < 1.29 is 38.7 Å². The van der Waals surface area contributed by atoms with Crippen molar-refractivity contribution in [1.29, 1.82) is 0 Å². The van der Waals surface area contributed by atoms with E-state index in [2.05, 4.69) is 6.92 Å². The summed E-state index contributed by atoms with van der Waals surface area (Å²) in [7, 11) is 0. The summed E-state index contributed by atoms with van der Waals surface area (Å²) < 4.78 is 30.4. The van der Waals surface area contributed by atoms with Crippen LogP contribution in [0.1, 0.15) is 85.0 Å². The van der Waals surface area contributed by atoms with E-state index in [9.17, 15) is 15.0 Å². The summed E-state index contributed by atoms with van der Waals surface area (Å²) in [6, 6.07) is 0. The fourth-order valence-electron chi connectivity index (χ4n) is 5.09. The standard InChI is InChI=1S/C26H44O8/c1-4-13-32-26(2,3)12-11-20(33-23-9-5-7-14-30-23)25-18(16-22(28)29)19(27)17-21(25)34-24-10-6-8-15-31-24/h11,18-19,21,23-25,27H,4-10,12-17H2,1-3H3,(H,28,29)/t18-,19-,21+,23?,24?,25-/m0/s1. The molecular formula is C26H44O8. The summed E-state index contributed by atoms with van der Waals surface area (Å²) >= 11 is 0. The molecule has 0 bridgehead atoms. The number of aliphatic carboxylic acids is 1. The van der Waals surface area contributed by atoms with Crippen LogP contribution in [0.5, 0.6) is 0 Å². The fraction of sp³-hybridized carbons (Fsp3) is 0.885. The quantitative estimate of drug-likeness (QED) is 0.393. The largest absolute Gasteiger partial charge is 0.481 e. The van der Waals surface area contributed by atoms with Gasteiger partial charge in [0, 0.05) is 37.9 Å². The van der Waals surface area contributed by atoms with Crippen LogP contribution in [-0.4, -0.2) is 66.4 Å². The zero-order valence-corrected chi connectivity index (χ0v) is 21.1. The van der Waals surface area contributed by atoms with Gasteiger partial charge in [-0.05, 0) is 64.9 Å². The number of carboxylic acid groups (broad SMARTS) is 1. The number of hydrogen-bond acceptors (Lipinski definition) is 7. The van der Waals surface area contributed by atoms with Crippen LogP contribution in [0, 0.1) is 11.8 Å². The summed E-state index contributed by atoms with van der Waals surface area (Å²) in [4.78, 5) is 11.7. The minimum absolute atomic E-state index is 0.154. The molecule has 34 heavy (non-hydrogen) atoms. The number of carbonyl (C=O) groups is 1. The Bertz CT molecular complexity index is 651. The molecule has 0 aromatic rings. The fourth-order valence-corrected chi connectivity index (χ4v) is 5.09. The Morgan fingerprint density at radius 2 is 1.76 bits per heavy atom. The van der Waals surface area contributed by atoms with Crippen LogP contribution in [0.25, 0.3) is 0 Å². The van der Waals surface area contributed by atoms with Gasteiger partial charge < -0.3 is 33.9 Å². The highest BCUT2D eigenvalue weighted by atomic mass is 16.7. The van der Waals surface area contributed by atoms with E-state index in [1.807, 2.05) is 19.9 Å². The van der Waals surface area contributed by atoms with Crippen LogP contribution in [-0.2, 0) is 28.5 Å². The number of aliphatic hydroxyl groups is 1. The van der Waals surface area contributed by atoms with Crippen molar-refractivity contribution in [3.8, 4) is 0 Å². The van der Waals surface area contributed by atoms with Crippen molar-refractivity contribution in [2.75, 3.05) is 19.8 Å².